The number of nitrogens with two attached hydrogens (primary N) is 1. The van der Waals surface area contributed by atoms with Crippen molar-refractivity contribution in [1.29, 1.82) is 0 Å². The molecule has 1 amide bonds. The summed E-state index contributed by atoms with van der Waals surface area (Å²) in [6.07, 6.45) is 1.46. The number of benzene rings is 1. The second-order valence-corrected chi connectivity index (χ2v) is 7.96. The largest absolute Gasteiger partial charge is 0.341 e. The highest BCUT2D eigenvalue weighted by molar-refractivity contribution is 7.89. The van der Waals surface area contributed by atoms with Crippen LogP contribution < -0.4 is 10.5 Å². The number of hydrogen-bond acceptors (Lipinski definition) is 4. The van der Waals surface area contributed by atoms with Crippen LogP contribution in [0.2, 0.25) is 0 Å². The smallest absolute Gasteiger partial charge is 0.253 e. The minimum absolute atomic E-state index is 0. The normalized spacial score (nSPS) is 11.5. The van der Waals surface area contributed by atoms with E-state index in [1.54, 1.807) is 11.9 Å². The lowest BCUT2D eigenvalue weighted by Crippen LogP contribution is -2.39. The molecule has 0 unspecified atom stereocenters. The molecule has 0 heterocycles. The first-order valence-corrected chi connectivity index (χ1v) is 8.77. The van der Waals surface area contributed by atoms with Crippen molar-refractivity contribution in [3.63, 3.8) is 0 Å². The summed E-state index contributed by atoms with van der Waals surface area (Å²) in [5.74, 6) is -0.172. The third kappa shape index (κ3) is 6.24. The van der Waals surface area contributed by atoms with Crippen LogP contribution in [0.5, 0.6) is 0 Å². The predicted molar refractivity (Wildman–Crippen MR) is 98.9 cm³/mol. The minimum Gasteiger partial charge on any atom is -0.341 e. The fourth-order valence-electron chi connectivity index (χ4n) is 2.03. The Hall–Kier alpha value is -1.41. The van der Waals surface area contributed by atoms with Crippen molar-refractivity contribution in [2.24, 2.45) is 11.1 Å². The minimum atomic E-state index is -3.58. The summed E-state index contributed by atoms with van der Waals surface area (Å²) in [7, 11) is -1.88. The Morgan fingerprint density at radius 2 is 1.88 bits per heavy atom. The number of carbonyl (C=O) groups is 1. The second kappa shape index (κ2) is 9.17. The van der Waals surface area contributed by atoms with Gasteiger partial charge in [-0.1, -0.05) is 19.9 Å². The summed E-state index contributed by atoms with van der Waals surface area (Å²) in [4.78, 5) is 14.1. The van der Waals surface area contributed by atoms with Crippen LogP contribution in [0.25, 0.3) is 0 Å². The maximum absolute atomic E-state index is 12.4. The van der Waals surface area contributed by atoms with E-state index in [4.69, 9.17) is 5.73 Å². The standard InChI is InChI=1S/C16H25N3O3S.ClH/c1-5-10-18-23(21,22)14-8-6-13(7-9-14)15(20)19(4)12-16(2,3)11-17;/h5-9,18H,1,10-12,17H2,2-4H3;1H. The van der Waals surface area contributed by atoms with E-state index in [-0.39, 0.29) is 35.2 Å². The van der Waals surface area contributed by atoms with E-state index in [2.05, 4.69) is 11.3 Å². The van der Waals surface area contributed by atoms with Gasteiger partial charge in [0.15, 0.2) is 0 Å². The molecule has 1 aromatic carbocycles. The van der Waals surface area contributed by atoms with Gasteiger partial charge in [-0.25, -0.2) is 13.1 Å². The Morgan fingerprint density at radius 1 is 1.33 bits per heavy atom. The van der Waals surface area contributed by atoms with E-state index < -0.39 is 10.0 Å². The Balaban J connectivity index is 0.00000529. The topological polar surface area (TPSA) is 92.5 Å². The molecule has 0 atom stereocenters. The molecule has 0 aromatic heterocycles. The van der Waals surface area contributed by atoms with E-state index in [0.717, 1.165) is 0 Å². The van der Waals surface area contributed by atoms with Crippen molar-refractivity contribution in [2.75, 3.05) is 26.7 Å². The van der Waals surface area contributed by atoms with Crippen LogP contribution in [-0.4, -0.2) is 45.9 Å². The molecule has 0 aliphatic rings. The molecule has 0 aliphatic carbocycles. The highest BCUT2D eigenvalue weighted by Gasteiger charge is 2.22. The molecule has 1 aromatic rings. The van der Waals surface area contributed by atoms with Gasteiger partial charge in [0.05, 0.1) is 4.90 Å². The molecule has 0 spiro atoms. The van der Waals surface area contributed by atoms with E-state index in [1.807, 2.05) is 13.8 Å². The van der Waals surface area contributed by atoms with Gasteiger partial charge < -0.3 is 10.6 Å². The van der Waals surface area contributed by atoms with Crippen LogP contribution in [-0.2, 0) is 10.0 Å². The van der Waals surface area contributed by atoms with Crippen molar-refractivity contribution < 1.29 is 13.2 Å². The Bertz CT molecular complexity index is 658. The molecule has 136 valence electrons. The average molecular weight is 376 g/mol. The molecule has 3 N–H and O–H groups in total. The van der Waals surface area contributed by atoms with Crippen LogP contribution >= 0.6 is 12.4 Å². The average Bonchev–Trinajstić information content (AvgIpc) is 2.52. The summed E-state index contributed by atoms with van der Waals surface area (Å²) in [5.41, 5.74) is 5.94. The monoisotopic (exact) mass is 375 g/mol. The number of amides is 1. The second-order valence-electron chi connectivity index (χ2n) is 6.19. The van der Waals surface area contributed by atoms with Gasteiger partial charge in [0.1, 0.15) is 0 Å². The van der Waals surface area contributed by atoms with Crippen molar-refractivity contribution >= 4 is 28.3 Å². The van der Waals surface area contributed by atoms with Gasteiger partial charge in [-0.3, -0.25) is 4.79 Å². The summed E-state index contributed by atoms with van der Waals surface area (Å²) >= 11 is 0. The number of nitrogens with zero attached hydrogens (tertiary/aromatic N) is 1. The fourth-order valence-corrected chi connectivity index (χ4v) is 3.03. The number of carbonyl (C=O) groups excluding carboxylic acids is 1. The number of nitrogens with one attached hydrogen (secondary N) is 1. The SMILES string of the molecule is C=CCNS(=O)(=O)c1ccc(C(=O)N(C)CC(C)(C)CN)cc1.Cl. The van der Waals surface area contributed by atoms with Crippen LogP contribution in [0.3, 0.4) is 0 Å². The Kier molecular flexibility index (Phi) is 8.63. The zero-order chi connectivity index (χ0) is 17.7. The number of hydrogen-bond donors (Lipinski definition) is 2. The molecule has 0 radical (unpaired) electrons. The summed E-state index contributed by atoms with van der Waals surface area (Å²) in [6.45, 7) is 8.57. The fraction of sp³-hybridized carbons (Fsp3) is 0.438. The molecule has 0 saturated carbocycles. The van der Waals surface area contributed by atoms with Crippen LogP contribution in [0, 0.1) is 5.41 Å². The maximum atomic E-state index is 12.4. The molecule has 0 aliphatic heterocycles. The van der Waals surface area contributed by atoms with Gasteiger partial charge in [-0.05, 0) is 36.2 Å². The lowest BCUT2D eigenvalue weighted by Gasteiger charge is -2.29. The third-order valence-electron chi connectivity index (χ3n) is 3.39. The predicted octanol–water partition coefficient (Wildman–Crippen LogP) is 1.63. The first kappa shape index (κ1) is 22.6. The van der Waals surface area contributed by atoms with Crippen molar-refractivity contribution in [3.8, 4) is 0 Å². The highest BCUT2D eigenvalue weighted by atomic mass is 35.5. The first-order chi connectivity index (χ1) is 10.6. The Labute approximate surface area is 150 Å². The molecule has 0 bridgehead atoms. The lowest BCUT2D eigenvalue weighted by atomic mass is 9.93. The zero-order valence-electron chi connectivity index (χ0n) is 14.3. The highest BCUT2D eigenvalue weighted by Crippen LogP contribution is 2.17. The maximum Gasteiger partial charge on any atom is 0.253 e. The van der Waals surface area contributed by atoms with Crippen molar-refractivity contribution in [1.82, 2.24) is 9.62 Å². The van der Waals surface area contributed by atoms with Crippen molar-refractivity contribution in [3.05, 3.63) is 42.5 Å². The van der Waals surface area contributed by atoms with Crippen LogP contribution in [0.1, 0.15) is 24.2 Å². The number of halogens is 1. The van der Waals surface area contributed by atoms with Crippen LogP contribution in [0.15, 0.2) is 41.8 Å². The summed E-state index contributed by atoms with van der Waals surface area (Å²) in [6, 6.07) is 5.86. The molecule has 24 heavy (non-hydrogen) atoms. The van der Waals surface area contributed by atoms with Crippen molar-refractivity contribution in [2.45, 2.75) is 18.7 Å². The van der Waals surface area contributed by atoms with E-state index in [0.29, 0.717) is 18.7 Å². The molecular formula is C16H26ClN3O3S. The van der Waals surface area contributed by atoms with Crippen LogP contribution in [0.4, 0.5) is 0 Å². The zero-order valence-corrected chi connectivity index (χ0v) is 15.9. The quantitative estimate of drug-likeness (QED) is 0.675. The Morgan fingerprint density at radius 3 is 2.33 bits per heavy atom. The summed E-state index contributed by atoms with van der Waals surface area (Å²) < 4.78 is 26.3. The molecule has 8 heteroatoms. The lowest BCUT2D eigenvalue weighted by molar-refractivity contribution is 0.0740. The van der Waals surface area contributed by atoms with Gasteiger partial charge >= 0.3 is 0 Å². The van der Waals surface area contributed by atoms with E-state index in [1.165, 1.54) is 30.3 Å². The number of rotatable bonds is 8. The molecule has 0 saturated heterocycles. The molecular weight excluding hydrogens is 350 g/mol. The van der Waals surface area contributed by atoms with E-state index >= 15 is 0 Å². The molecule has 1 rings (SSSR count). The summed E-state index contributed by atoms with van der Waals surface area (Å²) in [5, 5.41) is 0. The number of sulfonamides is 1. The molecule has 0 fully saturated rings. The van der Waals surface area contributed by atoms with Gasteiger partial charge in [0.2, 0.25) is 10.0 Å². The van der Waals surface area contributed by atoms with E-state index in [9.17, 15) is 13.2 Å². The van der Waals surface area contributed by atoms with Gasteiger partial charge in [0, 0.05) is 25.7 Å². The molecule has 6 nitrogen and oxygen atoms in total. The third-order valence-corrected chi connectivity index (χ3v) is 4.83. The van der Waals surface area contributed by atoms with Gasteiger partial charge in [-0.15, -0.1) is 19.0 Å². The van der Waals surface area contributed by atoms with Gasteiger partial charge in [0.25, 0.3) is 5.91 Å². The first-order valence-electron chi connectivity index (χ1n) is 7.29. The van der Waals surface area contributed by atoms with Gasteiger partial charge in [-0.2, -0.15) is 0 Å².